The zero-order valence-electron chi connectivity index (χ0n) is 12.9. The van der Waals surface area contributed by atoms with Gasteiger partial charge in [0.15, 0.2) is 11.6 Å². The van der Waals surface area contributed by atoms with Crippen molar-refractivity contribution >= 4 is 23.3 Å². The molecule has 0 fully saturated rings. The SMILES string of the molecule is CC1(C)CC(=O)C(SC2=C([O-])CC(C)(C)CC2=O)=C([O-])C1. The first-order chi connectivity index (χ1) is 9.51. The van der Waals surface area contributed by atoms with E-state index in [9.17, 15) is 19.8 Å². The van der Waals surface area contributed by atoms with Crippen LogP contribution < -0.4 is 10.2 Å². The molecule has 0 unspecified atom stereocenters. The van der Waals surface area contributed by atoms with Crippen molar-refractivity contribution in [3.05, 3.63) is 21.3 Å². The van der Waals surface area contributed by atoms with Crippen LogP contribution in [0.4, 0.5) is 0 Å². The minimum absolute atomic E-state index is 0.0609. The molecular weight excluding hydrogens is 288 g/mol. The van der Waals surface area contributed by atoms with Gasteiger partial charge in [-0.1, -0.05) is 39.5 Å². The van der Waals surface area contributed by atoms with Gasteiger partial charge in [0.05, 0.1) is 0 Å². The fourth-order valence-electron chi connectivity index (χ4n) is 2.83. The fraction of sp³-hybridized carbons (Fsp3) is 0.625. The van der Waals surface area contributed by atoms with Crippen molar-refractivity contribution in [2.45, 2.75) is 53.4 Å². The summed E-state index contributed by atoms with van der Waals surface area (Å²) < 4.78 is 0. The second-order valence-corrected chi connectivity index (χ2v) is 8.51. The summed E-state index contributed by atoms with van der Waals surface area (Å²) in [5.41, 5.74) is -0.684. The van der Waals surface area contributed by atoms with E-state index in [2.05, 4.69) is 0 Å². The highest BCUT2D eigenvalue weighted by atomic mass is 32.2. The minimum atomic E-state index is -0.342. The van der Waals surface area contributed by atoms with Crippen LogP contribution in [0.2, 0.25) is 0 Å². The van der Waals surface area contributed by atoms with E-state index >= 15 is 0 Å². The quantitative estimate of drug-likeness (QED) is 0.774. The lowest BCUT2D eigenvalue weighted by atomic mass is 9.79. The molecule has 0 saturated heterocycles. The molecule has 0 aromatic heterocycles. The van der Waals surface area contributed by atoms with Gasteiger partial charge in [0.1, 0.15) is 0 Å². The standard InChI is InChI=1S/C16H22O4S/c1-15(2)5-9(17)13(10(18)6-15)21-14-11(19)7-16(3,4)8-12(14)20/h17,19H,5-8H2,1-4H3/p-2. The minimum Gasteiger partial charge on any atom is -0.875 e. The van der Waals surface area contributed by atoms with E-state index in [1.54, 1.807) is 0 Å². The molecule has 0 spiro atoms. The van der Waals surface area contributed by atoms with Gasteiger partial charge in [-0.05, 0) is 23.7 Å². The highest BCUT2D eigenvalue weighted by Crippen LogP contribution is 2.45. The lowest BCUT2D eigenvalue weighted by Gasteiger charge is -2.37. The molecule has 0 heterocycles. The Hall–Kier alpha value is -1.23. The van der Waals surface area contributed by atoms with Gasteiger partial charge in [0, 0.05) is 22.7 Å². The molecule has 0 amide bonds. The maximum Gasteiger partial charge on any atom is 0.169 e. The Morgan fingerprint density at radius 3 is 1.38 bits per heavy atom. The number of carbonyl (C=O) groups is 2. The molecule has 2 rings (SSSR count). The van der Waals surface area contributed by atoms with Crippen molar-refractivity contribution in [3.63, 3.8) is 0 Å². The summed E-state index contributed by atoms with van der Waals surface area (Å²) in [6.45, 7) is 7.49. The van der Waals surface area contributed by atoms with Crippen LogP contribution in [0, 0.1) is 10.8 Å². The van der Waals surface area contributed by atoms with Crippen LogP contribution >= 0.6 is 11.8 Å². The van der Waals surface area contributed by atoms with Crippen LogP contribution in [0.1, 0.15) is 53.4 Å². The van der Waals surface area contributed by atoms with Gasteiger partial charge in [0.25, 0.3) is 0 Å². The molecule has 0 saturated carbocycles. The topological polar surface area (TPSA) is 80.3 Å². The second kappa shape index (κ2) is 5.20. The van der Waals surface area contributed by atoms with E-state index in [0.29, 0.717) is 0 Å². The Labute approximate surface area is 129 Å². The first-order valence-corrected chi connectivity index (χ1v) is 7.87. The number of Topliss-reactive ketones (excluding diaryl/α,β-unsaturated/α-hetero) is 2. The van der Waals surface area contributed by atoms with Gasteiger partial charge < -0.3 is 10.2 Å². The van der Waals surface area contributed by atoms with Crippen LogP contribution in [-0.2, 0) is 9.59 Å². The molecule has 4 nitrogen and oxygen atoms in total. The highest BCUT2D eigenvalue weighted by Gasteiger charge is 2.34. The van der Waals surface area contributed by atoms with Crippen molar-refractivity contribution in [3.8, 4) is 0 Å². The third kappa shape index (κ3) is 3.51. The number of ketones is 2. The smallest absolute Gasteiger partial charge is 0.169 e. The predicted octanol–water partition coefficient (Wildman–Crippen LogP) is 1.64. The van der Waals surface area contributed by atoms with E-state index in [1.165, 1.54) is 0 Å². The van der Waals surface area contributed by atoms with Crippen molar-refractivity contribution in [1.29, 1.82) is 0 Å². The molecular formula is C16H20O4S-2. The Bertz CT molecular complexity index is 517. The van der Waals surface area contributed by atoms with Crippen molar-refractivity contribution < 1.29 is 19.8 Å². The molecule has 2 aliphatic rings. The number of rotatable bonds is 2. The molecule has 0 aromatic carbocycles. The van der Waals surface area contributed by atoms with Crippen LogP contribution in [0.3, 0.4) is 0 Å². The van der Waals surface area contributed by atoms with E-state index in [-0.39, 0.29) is 69.4 Å². The molecule has 0 atom stereocenters. The Kier molecular flexibility index (Phi) is 4.00. The highest BCUT2D eigenvalue weighted by molar-refractivity contribution is 8.08. The van der Waals surface area contributed by atoms with Crippen LogP contribution in [0.15, 0.2) is 21.3 Å². The molecule has 21 heavy (non-hydrogen) atoms. The van der Waals surface area contributed by atoms with E-state index < -0.39 is 0 Å². The normalized spacial score (nSPS) is 25.5. The summed E-state index contributed by atoms with van der Waals surface area (Å²) in [5.74, 6) is -1.00. The van der Waals surface area contributed by atoms with Crippen molar-refractivity contribution in [1.82, 2.24) is 0 Å². The first kappa shape index (κ1) is 16.1. The number of carbonyl (C=O) groups excluding carboxylic acids is 2. The van der Waals surface area contributed by atoms with Gasteiger partial charge in [-0.3, -0.25) is 9.59 Å². The molecule has 5 heteroatoms. The lowest BCUT2D eigenvalue weighted by Crippen LogP contribution is -2.31. The van der Waals surface area contributed by atoms with E-state index in [1.807, 2.05) is 27.7 Å². The van der Waals surface area contributed by atoms with E-state index in [4.69, 9.17) is 0 Å². The Balaban J connectivity index is 2.30. The molecule has 116 valence electrons. The summed E-state index contributed by atoms with van der Waals surface area (Å²) in [7, 11) is 0. The van der Waals surface area contributed by atoms with E-state index in [0.717, 1.165) is 11.8 Å². The summed E-state index contributed by atoms with van der Waals surface area (Å²) in [4.78, 5) is 24.4. The average Bonchev–Trinajstić information content (AvgIpc) is 2.22. The molecule has 0 bridgehead atoms. The fourth-order valence-corrected chi connectivity index (χ4v) is 3.77. The summed E-state index contributed by atoms with van der Waals surface area (Å²) in [6.07, 6.45) is 1.12. The van der Waals surface area contributed by atoms with Gasteiger partial charge in [0.2, 0.25) is 0 Å². The van der Waals surface area contributed by atoms with Crippen molar-refractivity contribution in [2.24, 2.45) is 10.8 Å². The maximum atomic E-state index is 12.1. The zero-order chi connectivity index (χ0) is 16.0. The van der Waals surface area contributed by atoms with Crippen LogP contribution in [0.25, 0.3) is 0 Å². The van der Waals surface area contributed by atoms with Crippen molar-refractivity contribution in [2.75, 3.05) is 0 Å². The predicted molar refractivity (Wildman–Crippen MR) is 77.7 cm³/mol. The lowest BCUT2D eigenvalue weighted by molar-refractivity contribution is -0.311. The van der Waals surface area contributed by atoms with Crippen LogP contribution in [0.5, 0.6) is 0 Å². The molecule has 0 N–H and O–H groups in total. The van der Waals surface area contributed by atoms with Gasteiger partial charge in [-0.25, -0.2) is 0 Å². The zero-order valence-corrected chi connectivity index (χ0v) is 13.7. The average molecular weight is 308 g/mol. The number of thioether (sulfide) groups is 1. The van der Waals surface area contributed by atoms with Gasteiger partial charge in [-0.2, -0.15) is 0 Å². The molecule has 0 radical (unpaired) electrons. The summed E-state index contributed by atoms with van der Waals surface area (Å²) >= 11 is 0.811. The third-order valence-electron chi connectivity index (χ3n) is 3.77. The van der Waals surface area contributed by atoms with Gasteiger partial charge >= 0.3 is 0 Å². The monoisotopic (exact) mass is 308 g/mol. The van der Waals surface area contributed by atoms with Crippen LogP contribution in [-0.4, -0.2) is 11.6 Å². The largest absolute Gasteiger partial charge is 0.875 e. The summed E-state index contributed by atoms with van der Waals surface area (Å²) in [5, 5.41) is 24.2. The first-order valence-electron chi connectivity index (χ1n) is 7.05. The second-order valence-electron chi connectivity index (χ2n) is 7.49. The molecule has 0 aromatic rings. The maximum absolute atomic E-state index is 12.1. The number of allylic oxidation sites excluding steroid dienone is 4. The Morgan fingerprint density at radius 2 is 1.10 bits per heavy atom. The third-order valence-corrected chi connectivity index (χ3v) is 5.09. The summed E-state index contributed by atoms with van der Waals surface area (Å²) in [6, 6.07) is 0. The Morgan fingerprint density at radius 1 is 0.762 bits per heavy atom. The number of hydrogen-bond donors (Lipinski definition) is 0. The molecule has 0 aliphatic heterocycles. The van der Waals surface area contributed by atoms with Gasteiger partial charge in [-0.15, -0.1) is 11.5 Å². The number of hydrogen-bond acceptors (Lipinski definition) is 5. The molecule has 2 aliphatic carbocycles.